The first kappa shape index (κ1) is 25.2. The van der Waals surface area contributed by atoms with Gasteiger partial charge in [0.1, 0.15) is 15.8 Å². The highest BCUT2D eigenvalue weighted by Gasteiger charge is 2.56. The first-order chi connectivity index (χ1) is 15.5. The van der Waals surface area contributed by atoms with E-state index in [0.29, 0.717) is 6.42 Å². The number of anilines is 3. The predicted molar refractivity (Wildman–Crippen MR) is 122 cm³/mol. The van der Waals surface area contributed by atoms with E-state index in [1.807, 2.05) is 0 Å². The fourth-order valence-electron chi connectivity index (χ4n) is 2.85. The molecule has 33 heavy (non-hydrogen) atoms. The van der Waals surface area contributed by atoms with Crippen LogP contribution in [0.5, 0.6) is 0 Å². The molecule has 1 fully saturated rings. The van der Waals surface area contributed by atoms with Gasteiger partial charge in [-0.2, -0.15) is 0 Å². The average molecular weight is 521 g/mol. The van der Waals surface area contributed by atoms with Crippen LogP contribution < -0.4 is 16.0 Å². The molecule has 0 aromatic heterocycles. The van der Waals surface area contributed by atoms with Crippen LogP contribution in [-0.4, -0.2) is 35.8 Å². The number of rotatable bonds is 8. The summed E-state index contributed by atoms with van der Waals surface area (Å²) in [5.74, 6) is -4.70. The van der Waals surface area contributed by atoms with E-state index < -0.39 is 45.3 Å². The van der Waals surface area contributed by atoms with Gasteiger partial charge in [-0.3, -0.25) is 14.4 Å². The summed E-state index contributed by atoms with van der Waals surface area (Å²) in [6, 6.07) is 6.02. The third-order valence-electron chi connectivity index (χ3n) is 4.76. The standard InChI is InChI=1S/C21H18Cl3F2N3O4/c1-33-7-6-16(30)29-18-14(25)4-5-15(17(18)26)28-19(31)11-8-10(2-3-13(11)22)27-20(32)12-9-21(12,23)24/h2-5,8,12H,6-7,9H2,1H3,(H,27,32)(H,28,31)(H,29,30)/t12-/m1/s1. The molecule has 0 radical (unpaired) electrons. The Hall–Kier alpha value is -2.46. The monoisotopic (exact) mass is 519 g/mol. The van der Waals surface area contributed by atoms with Crippen molar-refractivity contribution in [3.05, 3.63) is 52.6 Å². The number of methoxy groups -OCH3 is 1. The Bertz CT molecular complexity index is 1110. The van der Waals surface area contributed by atoms with Gasteiger partial charge in [-0.25, -0.2) is 8.78 Å². The number of carbonyl (C=O) groups excluding carboxylic acids is 3. The predicted octanol–water partition coefficient (Wildman–Crippen LogP) is 4.98. The summed E-state index contributed by atoms with van der Waals surface area (Å²) >= 11 is 17.9. The molecule has 1 saturated carbocycles. The Morgan fingerprint density at radius 3 is 2.45 bits per heavy atom. The molecule has 1 atom stereocenters. The number of alkyl halides is 2. The normalized spacial score (nSPS) is 16.1. The van der Waals surface area contributed by atoms with Gasteiger partial charge in [0.05, 0.1) is 35.2 Å². The molecule has 3 amide bonds. The first-order valence-corrected chi connectivity index (χ1v) is 10.7. The van der Waals surface area contributed by atoms with Gasteiger partial charge in [0.25, 0.3) is 5.91 Å². The van der Waals surface area contributed by atoms with Gasteiger partial charge < -0.3 is 20.7 Å². The molecule has 0 aliphatic heterocycles. The van der Waals surface area contributed by atoms with Crippen molar-refractivity contribution in [3.8, 4) is 0 Å². The summed E-state index contributed by atoms with van der Waals surface area (Å²) in [6.45, 7) is 0.0639. The second-order valence-electron chi connectivity index (χ2n) is 7.23. The molecule has 1 aliphatic rings. The quantitative estimate of drug-likeness (QED) is 0.428. The van der Waals surface area contributed by atoms with Crippen molar-refractivity contribution in [3.63, 3.8) is 0 Å². The van der Waals surface area contributed by atoms with Gasteiger partial charge in [0.15, 0.2) is 5.82 Å². The SMILES string of the molecule is COCCC(=O)Nc1c(F)ccc(NC(=O)c2cc(NC(=O)[C@H]3CC3(Cl)Cl)ccc2Cl)c1F. The maximum atomic E-state index is 14.8. The number of amides is 3. The van der Waals surface area contributed by atoms with Crippen LogP contribution in [-0.2, 0) is 14.3 Å². The lowest BCUT2D eigenvalue weighted by molar-refractivity contribution is -0.118. The molecule has 12 heteroatoms. The molecule has 176 valence electrons. The van der Waals surface area contributed by atoms with E-state index in [1.54, 1.807) is 0 Å². The van der Waals surface area contributed by atoms with Crippen molar-refractivity contribution in [1.82, 2.24) is 0 Å². The molecular weight excluding hydrogens is 503 g/mol. The Labute approximate surface area is 202 Å². The van der Waals surface area contributed by atoms with Gasteiger partial charge >= 0.3 is 0 Å². The van der Waals surface area contributed by atoms with Crippen LogP contribution in [0.4, 0.5) is 25.8 Å². The molecule has 0 heterocycles. The van der Waals surface area contributed by atoms with Crippen LogP contribution in [0.15, 0.2) is 30.3 Å². The van der Waals surface area contributed by atoms with Crippen molar-refractivity contribution < 1.29 is 27.9 Å². The minimum Gasteiger partial charge on any atom is -0.384 e. The molecule has 0 spiro atoms. The summed E-state index contributed by atoms with van der Waals surface area (Å²) in [5.41, 5.74) is -0.934. The molecule has 7 nitrogen and oxygen atoms in total. The number of halogens is 5. The molecular formula is C21H18Cl3F2N3O4. The number of hydrogen-bond donors (Lipinski definition) is 3. The Morgan fingerprint density at radius 2 is 1.82 bits per heavy atom. The van der Waals surface area contributed by atoms with Gasteiger partial charge in [-0.05, 0) is 36.8 Å². The second-order valence-corrected chi connectivity index (χ2v) is 9.18. The summed E-state index contributed by atoms with van der Waals surface area (Å²) < 4.78 is 32.5. The maximum absolute atomic E-state index is 14.8. The Balaban J connectivity index is 1.76. The van der Waals surface area contributed by atoms with E-state index in [9.17, 15) is 23.2 Å². The zero-order valence-corrected chi connectivity index (χ0v) is 19.4. The number of hydrogen-bond acceptors (Lipinski definition) is 4. The van der Waals surface area contributed by atoms with Crippen LogP contribution in [0.25, 0.3) is 0 Å². The molecule has 0 bridgehead atoms. The molecule has 0 unspecified atom stereocenters. The summed E-state index contributed by atoms with van der Waals surface area (Å²) in [5, 5.41) is 7.01. The number of carbonyl (C=O) groups is 3. The molecule has 2 aromatic rings. The van der Waals surface area contributed by atoms with Gasteiger partial charge in [-0.15, -0.1) is 23.2 Å². The molecule has 0 saturated heterocycles. The smallest absolute Gasteiger partial charge is 0.257 e. The highest BCUT2D eigenvalue weighted by Crippen LogP contribution is 2.53. The van der Waals surface area contributed by atoms with Crippen LogP contribution in [0, 0.1) is 17.6 Å². The van der Waals surface area contributed by atoms with Gasteiger partial charge in [0.2, 0.25) is 11.8 Å². The minimum absolute atomic E-state index is 0.0246. The van der Waals surface area contributed by atoms with E-state index in [1.165, 1.54) is 25.3 Å². The van der Waals surface area contributed by atoms with Crippen molar-refractivity contribution in [2.75, 3.05) is 29.7 Å². The summed E-state index contributed by atoms with van der Waals surface area (Å²) in [4.78, 5) is 36.7. The Kier molecular flexibility index (Phi) is 7.79. The molecule has 2 aromatic carbocycles. The van der Waals surface area contributed by atoms with E-state index in [2.05, 4.69) is 16.0 Å². The first-order valence-electron chi connectivity index (χ1n) is 9.60. The van der Waals surface area contributed by atoms with E-state index in [4.69, 9.17) is 39.5 Å². The molecule has 3 rings (SSSR count). The van der Waals surface area contributed by atoms with E-state index in [0.717, 1.165) is 12.1 Å². The third-order valence-corrected chi connectivity index (χ3v) is 5.92. The lowest BCUT2D eigenvalue weighted by atomic mass is 10.1. The molecule has 3 N–H and O–H groups in total. The van der Waals surface area contributed by atoms with Crippen molar-refractivity contribution >= 4 is 69.6 Å². The highest BCUT2D eigenvalue weighted by molar-refractivity contribution is 6.52. The van der Waals surface area contributed by atoms with Gasteiger partial charge in [-0.1, -0.05) is 11.6 Å². The fraction of sp³-hybridized carbons (Fsp3) is 0.286. The topological polar surface area (TPSA) is 96.5 Å². The van der Waals surface area contributed by atoms with Crippen molar-refractivity contribution in [2.24, 2.45) is 5.92 Å². The maximum Gasteiger partial charge on any atom is 0.257 e. The number of ether oxygens (including phenoxy) is 1. The van der Waals surface area contributed by atoms with E-state index in [-0.39, 0.29) is 35.0 Å². The zero-order valence-electron chi connectivity index (χ0n) is 17.1. The third kappa shape index (κ3) is 6.11. The van der Waals surface area contributed by atoms with E-state index >= 15 is 0 Å². The lowest BCUT2D eigenvalue weighted by Gasteiger charge is -2.13. The number of benzene rings is 2. The van der Waals surface area contributed by atoms with Gasteiger partial charge in [0, 0.05) is 12.8 Å². The highest BCUT2D eigenvalue weighted by atomic mass is 35.5. The van der Waals surface area contributed by atoms with Crippen LogP contribution in [0.2, 0.25) is 5.02 Å². The zero-order chi connectivity index (χ0) is 24.3. The largest absolute Gasteiger partial charge is 0.384 e. The minimum atomic E-state index is -1.18. The van der Waals surface area contributed by atoms with Crippen molar-refractivity contribution in [1.29, 1.82) is 0 Å². The van der Waals surface area contributed by atoms with Crippen LogP contribution in [0.1, 0.15) is 23.2 Å². The van der Waals surface area contributed by atoms with Crippen LogP contribution >= 0.6 is 34.8 Å². The molecule has 1 aliphatic carbocycles. The van der Waals surface area contributed by atoms with Crippen molar-refractivity contribution in [2.45, 2.75) is 17.2 Å². The lowest BCUT2D eigenvalue weighted by Crippen LogP contribution is -2.19. The summed E-state index contributed by atoms with van der Waals surface area (Å²) in [7, 11) is 1.38. The second kappa shape index (κ2) is 10.2. The fourth-order valence-corrected chi connectivity index (χ4v) is 3.56. The Morgan fingerprint density at radius 1 is 1.12 bits per heavy atom. The summed E-state index contributed by atoms with van der Waals surface area (Å²) in [6.07, 6.45) is 0.187. The van der Waals surface area contributed by atoms with Crippen LogP contribution in [0.3, 0.4) is 0 Å². The number of nitrogens with one attached hydrogen (secondary N) is 3. The average Bonchev–Trinajstić information content (AvgIpc) is 3.41.